The number of halogens is 2. The molecular formula is C25H24F2N8O3S. The summed E-state index contributed by atoms with van der Waals surface area (Å²) in [5.41, 5.74) is 11.2. The fourth-order valence-corrected chi connectivity index (χ4v) is 5.66. The van der Waals surface area contributed by atoms with Crippen molar-refractivity contribution in [3.63, 3.8) is 0 Å². The first-order chi connectivity index (χ1) is 18.5. The molecule has 1 aliphatic heterocycles. The van der Waals surface area contributed by atoms with Gasteiger partial charge in [0.1, 0.15) is 28.6 Å². The number of nitrogens with one attached hydrogen (secondary N) is 1. The van der Waals surface area contributed by atoms with Gasteiger partial charge in [-0.05, 0) is 19.9 Å². The highest BCUT2D eigenvalue weighted by Gasteiger charge is 2.53. The number of oxazole rings is 1. The molecule has 5 rings (SSSR count). The average Bonchev–Trinajstić information content (AvgIpc) is 3.41. The van der Waals surface area contributed by atoms with Gasteiger partial charge in [-0.3, -0.25) is 9.79 Å². The smallest absolute Gasteiger partial charge is 0.234 e. The molecule has 11 nitrogen and oxygen atoms in total. The monoisotopic (exact) mass is 554 g/mol. The number of amides is 1. The molecule has 0 spiro atoms. The van der Waals surface area contributed by atoms with Gasteiger partial charge >= 0.3 is 0 Å². The first-order valence-electron chi connectivity index (χ1n) is 11.7. The number of anilines is 2. The molecular weight excluding hydrogens is 530 g/mol. The van der Waals surface area contributed by atoms with Gasteiger partial charge in [0.15, 0.2) is 29.2 Å². The summed E-state index contributed by atoms with van der Waals surface area (Å²) in [4.78, 5) is 33.6. The van der Waals surface area contributed by atoms with E-state index in [4.69, 9.17) is 20.6 Å². The van der Waals surface area contributed by atoms with Gasteiger partial charge in [-0.1, -0.05) is 18.7 Å². The molecule has 0 unspecified atom stereocenters. The molecule has 1 aromatic carbocycles. The number of hydrogen-bond donors (Lipinski definition) is 3. The topological polar surface area (TPSA) is 167 Å². The molecule has 0 bridgehead atoms. The molecule has 0 saturated carbocycles. The Morgan fingerprint density at radius 2 is 2.00 bits per heavy atom. The second kappa shape index (κ2) is 9.76. The van der Waals surface area contributed by atoms with Gasteiger partial charge in [-0.15, -0.1) is 0 Å². The SMILES string of the molecule is C[C@@H]1[C@@](C)(C(N)=O)SC(N)=N[C@]1(C)c1cc(Nc2ncnc3cc(OCc4ncco4)cnc23)cc(F)c1F. The molecule has 202 valence electrons. The molecule has 0 radical (unpaired) electrons. The van der Waals surface area contributed by atoms with Crippen molar-refractivity contribution in [1.29, 1.82) is 0 Å². The highest BCUT2D eigenvalue weighted by molar-refractivity contribution is 8.15. The lowest BCUT2D eigenvalue weighted by atomic mass is 9.73. The third kappa shape index (κ3) is 4.71. The standard InChI is InChI=1S/C25H24F2N8O3S/c1-12-24(2,35-23(29)39-25(12,3)22(28)36)15-6-13(7-16(26)19(15)27)34-21-20-17(32-11-33-21)8-14(9-31-20)38-10-18-30-4-5-37-18/h4-9,11-12H,10H2,1-3H3,(H2,28,36)(H2,29,35)(H,32,33,34)/t12-,24-,25-/m0/s1. The molecule has 0 saturated heterocycles. The summed E-state index contributed by atoms with van der Waals surface area (Å²) >= 11 is 1.00. The van der Waals surface area contributed by atoms with Crippen molar-refractivity contribution in [3.05, 3.63) is 66.3 Å². The number of benzene rings is 1. The Morgan fingerprint density at radius 3 is 2.72 bits per heavy atom. The van der Waals surface area contributed by atoms with Gasteiger partial charge in [0.25, 0.3) is 0 Å². The van der Waals surface area contributed by atoms with Crippen LogP contribution >= 0.6 is 11.8 Å². The molecule has 3 aromatic heterocycles. The van der Waals surface area contributed by atoms with E-state index in [0.29, 0.717) is 22.7 Å². The van der Waals surface area contributed by atoms with Crippen LogP contribution in [0.5, 0.6) is 5.75 Å². The number of aliphatic imine (C=N–C) groups is 1. The zero-order chi connectivity index (χ0) is 27.9. The molecule has 1 aliphatic rings. The van der Waals surface area contributed by atoms with Crippen LogP contribution in [0.25, 0.3) is 11.0 Å². The number of carbonyl (C=O) groups is 1. The predicted molar refractivity (Wildman–Crippen MR) is 141 cm³/mol. The average molecular weight is 555 g/mol. The van der Waals surface area contributed by atoms with Gasteiger partial charge in [0, 0.05) is 29.3 Å². The van der Waals surface area contributed by atoms with Crippen LogP contribution in [-0.4, -0.2) is 35.8 Å². The van der Waals surface area contributed by atoms with E-state index in [2.05, 4.69) is 30.2 Å². The van der Waals surface area contributed by atoms with Crippen LogP contribution in [0.2, 0.25) is 0 Å². The number of hydrogen-bond acceptors (Lipinski definition) is 11. The number of amidine groups is 1. The van der Waals surface area contributed by atoms with Crippen LogP contribution < -0.4 is 21.5 Å². The second-order valence-electron chi connectivity index (χ2n) is 9.31. The van der Waals surface area contributed by atoms with Crippen molar-refractivity contribution < 1.29 is 22.7 Å². The van der Waals surface area contributed by atoms with E-state index in [-0.39, 0.29) is 28.8 Å². The maximum Gasteiger partial charge on any atom is 0.234 e. The number of nitrogens with zero attached hydrogens (tertiary/aromatic N) is 5. The number of primary amides is 1. The van der Waals surface area contributed by atoms with Crippen LogP contribution in [0, 0.1) is 17.6 Å². The highest BCUT2D eigenvalue weighted by Crippen LogP contribution is 2.50. The largest absolute Gasteiger partial charge is 0.482 e. The maximum absolute atomic E-state index is 15.3. The van der Waals surface area contributed by atoms with Gasteiger partial charge in [-0.25, -0.2) is 28.7 Å². The van der Waals surface area contributed by atoms with Crippen molar-refractivity contribution in [1.82, 2.24) is 19.9 Å². The van der Waals surface area contributed by atoms with Crippen LogP contribution in [0.4, 0.5) is 20.3 Å². The van der Waals surface area contributed by atoms with Gasteiger partial charge < -0.3 is 25.9 Å². The predicted octanol–water partition coefficient (Wildman–Crippen LogP) is 3.77. The molecule has 3 atom stereocenters. The first-order valence-corrected chi connectivity index (χ1v) is 12.6. The number of rotatable bonds is 7. The zero-order valence-electron chi connectivity index (χ0n) is 21.1. The van der Waals surface area contributed by atoms with E-state index in [9.17, 15) is 9.18 Å². The molecule has 4 heterocycles. The zero-order valence-corrected chi connectivity index (χ0v) is 21.9. The Kier molecular flexibility index (Phi) is 6.58. The summed E-state index contributed by atoms with van der Waals surface area (Å²) in [5.74, 6) is -2.43. The Hall–Kier alpha value is -4.33. The number of pyridine rings is 1. The minimum atomic E-state index is -1.40. The number of aromatic nitrogens is 4. The van der Waals surface area contributed by atoms with Gasteiger partial charge in [-0.2, -0.15) is 0 Å². The third-order valence-electron chi connectivity index (χ3n) is 6.95. The van der Waals surface area contributed by atoms with Crippen molar-refractivity contribution in [2.24, 2.45) is 22.4 Å². The highest BCUT2D eigenvalue weighted by atomic mass is 32.2. The summed E-state index contributed by atoms with van der Waals surface area (Å²) < 4.78 is 39.8. The molecule has 0 fully saturated rings. The van der Waals surface area contributed by atoms with Crippen LogP contribution in [0.1, 0.15) is 32.2 Å². The van der Waals surface area contributed by atoms with Crippen molar-refractivity contribution in [2.45, 2.75) is 37.7 Å². The summed E-state index contributed by atoms with van der Waals surface area (Å²) in [5, 5.41) is 3.04. The molecule has 5 N–H and O–H groups in total. The van der Waals surface area contributed by atoms with Crippen LogP contribution in [0.3, 0.4) is 0 Å². The molecule has 14 heteroatoms. The molecule has 4 aromatic rings. The van der Waals surface area contributed by atoms with Crippen LogP contribution in [-0.2, 0) is 16.9 Å². The first kappa shape index (κ1) is 26.3. The Labute approximate surface area is 225 Å². The quantitative estimate of drug-likeness (QED) is 0.306. The van der Waals surface area contributed by atoms with Crippen LogP contribution in [0.15, 0.2) is 52.6 Å². The number of carbonyl (C=O) groups excluding carboxylic acids is 1. The van der Waals surface area contributed by atoms with E-state index < -0.39 is 33.7 Å². The summed E-state index contributed by atoms with van der Waals surface area (Å²) in [6.45, 7) is 5.01. The maximum atomic E-state index is 15.3. The lowest BCUT2D eigenvalue weighted by Gasteiger charge is -2.45. The fraction of sp³-hybridized carbons (Fsp3) is 0.280. The summed E-state index contributed by atoms with van der Waals surface area (Å²) in [6.07, 6.45) is 5.73. The molecule has 0 aliphatic carbocycles. The Morgan fingerprint density at radius 1 is 1.21 bits per heavy atom. The number of fused-ring (bicyclic) bond motifs is 1. The second-order valence-corrected chi connectivity index (χ2v) is 10.8. The van der Waals surface area contributed by atoms with E-state index >= 15 is 4.39 Å². The van der Waals surface area contributed by atoms with Crippen molar-refractivity contribution in [2.75, 3.05) is 5.32 Å². The molecule has 1 amide bonds. The van der Waals surface area contributed by atoms with E-state index in [1.807, 2.05) is 0 Å². The Bertz CT molecular complexity index is 1600. The normalized spacial score (nSPS) is 22.9. The number of nitrogens with two attached hydrogens (primary N) is 2. The van der Waals surface area contributed by atoms with E-state index in [1.54, 1.807) is 26.8 Å². The summed E-state index contributed by atoms with van der Waals surface area (Å²) in [6, 6.07) is 4.05. The minimum Gasteiger partial charge on any atom is -0.482 e. The van der Waals surface area contributed by atoms with Crippen molar-refractivity contribution >= 4 is 45.4 Å². The lowest BCUT2D eigenvalue weighted by molar-refractivity contribution is -0.121. The lowest BCUT2D eigenvalue weighted by Crippen LogP contribution is -2.55. The minimum absolute atomic E-state index is 0.0434. The van der Waals surface area contributed by atoms with E-state index in [1.165, 1.54) is 31.1 Å². The van der Waals surface area contributed by atoms with Gasteiger partial charge in [0.2, 0.25) is 11.8 Å². The van der Waals surface area contributed by atoms with Gasteiger partial charge in [0.05, 0.1) is 23.4 Å². The number of ether oxygens (including phenoxy) is 1. The van der Waals surface area contributed by atoms with E-state index in [0.717, 1.165) is 17.8 Å². The third-order valence-corrected chi connectivity index (χ3v) is 8.23. The number of thioether (sulfide) groups is 1. The fourth-order valence-electron chi connectivity index (χ4n) is 4.48. The Balaban J connectivity index is 1.49. The molecule has 39 heavy (non-hydrogen) atoms. The van der Waals surface area contributed by atoms with Crippen molar-refractivity contribution in [3.8, 4) is 5.75 Å². The summed E-state index contributed by atoms with van der Waals surface area (Å²) in [7, 11) is 0.